The number of allylic oxidation sites excluding steroid dienone is 1. The topological polar surface area (TPSA) is 17.1 Å². The first kappa shape index (κ1) is 11.7. The van der Waals surface area contributed by atoms with Gasteiger partial charge in [0.25, 0.3) is 0 Å². The Hall–Kier alpha value is -1.37. The second kappa shape index (κ2) is 4.43. The van der Waals surface area contributed by atoms with Gasteiger partial charge in [-0.25, -0.2) is 0 Å². The van der Waals surface area contributed by atoms with Gasteiger partial charge in [0, 0.05) is 5.56 Å². The molecule has 0 N–H and O–H groups in total. The molecule has 0 aliphatic carbocycles. The van der Waals surface area contributed by atoms with E-state index in [1.54, 1.807) is 0 Å². The highest BCUT2D eigenvalue weighted by Gasteiger charge is 2.03. The molecule has 0 unspecified atom stereocenters. The molecule has 0 amide bonds. The lowest BCUT2D eigenvalue weighted by atomic mass is 9.95. The van der Waals surface area contributed by atoms with Crippen LogP contribution in [0.4, 0.5) is 0 Å². The number of carbonyl (C=O) groups excluding carboxylic acids is 1. The van der Waals surface area contributed by atoms with Gasteiger partial charge in [-0.2, -0.15) is 0 Å². The quantitative estimate of drug-likeness (QED) is 0.665. The van der Waals surface area contributed by atoms with E-state index in [-0.39, 0.29) is 5.41 Å². The monoisotopic (exact) mass is 202 g/mol. The van der Waals surface area contributed by atoms with E-state index in [4.69, 9.17) is 0 Å². The summed E-state index contributed by atoms with van der Waals surface area (Å²) in [6.45, 7) is 8.45. The first-order chi connectivity index (χ1) is 6.92. The molecule has 1 rings (SSSR count). The number of benzene rings is 1. The Morgan fingerprint density at radius 1 is 1.20 bits per heavy atom. The Bertz CT molecular complexity index is 381. The van der Waals surface area contributed by atoms with Crippen molar-refractivity contribution < 1.29 is 4.79 Å². The summed E-state index contributed by atoms with van der Waals surface area (Å²) in [5.74, 6) is 0. The van der Waals surface area contributed by atoms with Gasteiger partial charge in [0.1, 0.15) is 6.29 Å². The fourth-order valence-corrected chi connectivity index (χ4v) is 1.28. The van der Waals surface area contributed by atoms with E-state index < -0.39 is 0 Å². The van der Waals surface area contributed by atoms with E-state index in [1.165, 1.54) is 0 Å². The van der Waals surface area contributed by atoms with E-state index >= 15 is 0 Å². The van der Waals surface area contributed by atoms with E-state index in [2.05, 4.69) is 32.9 Å². The number of carbonyl (C=O) groups is 1. The van der Waals surface area contributed by atoms with Gasteiger partial charge in [-0.3, -0.25) is 4.79 Å². The highest BCUT2D eigenvalue weighted by atomic mass is 16.1. The standard InChI is InChI=1S/C14H18O/c1-11-9-12(5-6-13(11)10-15)7-8-14(2,3)4/h5-10H,1-4H3/b8-7+. The number of aryl methyl sites for hydroxylation is 1. The van der Waals surface area contributed by atoms with Crippen molar-refractivity contribution in [2.75, 3.05) is 0 Å². The highest BCUT2D eigenvalue weighted by Crippen LogP contribution is 2.18. The number of hydrogen-bond acceptors (Lipinski definition) is 1. The maximum absolute atomic E-state index is 10.6. The van der Waals surface area contributed by atoms with Crippen LogP contribution in [-0.2, 0) is 0 Å². The van der Waals surface area contributed by atoms with Crippen LogP contribution < -0.4 is 0 Å². The third-order valence-corrected chi connectivity index (χ3v) is 2.20. The van der Waals surface area contributed by atoms with Crippen molar-refractivity contribution in [1.29, 1.82) is 0 Å². The molecule has 0 spiro atoms. The van der Waals surface area contributed by atoms with Crippen LogP contribution in [0.25, 0.3) is 6.08 Å². The van der Waals surface area contributed by atoms with E-state index in [0.29, 0.717) is 0 Å². The van der Waals surface area contributed by atoms with Crippen LogP contribution in [0.3, 0.4) is 0 Å². The second-order valence-electron chi connectivity index (χ2n) is 4.93. The van der Waals surface area contributed by atoms with Crippen LogP contribution in [-0.4, -0.2) is 6.29 Å². The van der Waals surface area contributed by atoms with Crippen molar-refractivity contribution in [2.45, 2.75) is 27.7 Å². The summed E-state index contributed by atoms with van der Waals surface area (Å²) < 4.78 is 0. The normalized spacial score (nSPS) is 12.0. The molecule has 80 valence electrons. The summed E-state index contributed by atoms with van der Waals surface area (Å²) in [5, 5.41) is 0. The molecule has 15 heavy (non-hydrogen) atoms. The lowest BCUT2D eigenvalue weighted by molar-refractivity contribution is 0.112. The SMILES string of the molecule is Cc1cc(/C=C/C(C)(C)C)ccc1C=O. The molecule has 0 bridgehead atoms. The number of aldehydes is 1. The number of hydrogen-bond donors (Lipinski definition) is 0. The Balaban J connectivity index is 2.94. The smallest absolute Gasteiger partial charge is 0.150 e. The summed E-state index contributed by atoms with van der Waals surface area (Å²) in [7, 11) is 0. The molecule has 1 heteroatoms. The molecule has 0 saturated carbocycles. The molecular formula is C14H18O. The van der Waals surface area contributed by atoms with Crippen molar-refractivity contribution in [3.63, 3.8) is 0 Å². The highest BCUT2D eigenvalue weighted by molar-refractivity contribution is 5.77. The summed E-state index contributed by atoms with van der Waals surface area (Å²) in [6, 6.07) is 5.87. The van der Waals surface area contributed by atoms with Crippen molar-refractivity contribution in [3.8, 4) is 0 Å². The van der Waals surface area contributed by atoms with Crippen LogP contribution in [0.5, 0.6) is 0 Å². The van der Waals surface area contributed by atoms with Gasteiger partial charge in [0.15, 0.2) is 0 Å². The summed E-state index contributed by atoms with van der Waals surface area (Å²) in [6.07, 6.45) is 5.16. The van der Waals surface area contributed by atoms with Crippen LogP contribution in [0, 0.1) is 12.3 Å². The van der Waals surface area contributed by atoms with Crippen molar-refractivity contribution in [3.05, 3.63) is 41.0 Å². The zero-order chi connectivity index (χ0) is 11.5. The zero-order valence-corrected chi connectivity index (χ0v) is 9.87. The molecule has 1 aromatic carbocycles. The van der Waals surface area contributed by atoms with Gasteiger partial charge in [0.05, 0.1) is 0 Å². The molecule has 0 saturated heterocycles. The molecule has 0 aromatic heterocycles. The predicted octanol–water partition coefficient (Wildman–Crippen LogP) is 3.87. The minimum absolute atomic E-state index is 0.192. The van der Waals surface area contributed by atoms with Gasteiger partial charge in [0.2, 0.25) is 0 Å². The van der Waals surface area contributed by atoms with Crippen molar-refractivity contribution in [1.82, 2.24) is 0 Å². The van der Waals surface area contributed by atoms with Gasteiger partial charge >= 0.3 is 0 Å². The molecule has 1 aromatic rings. The molecule has 0 heterocycles. The lowest BCUT2D eigenvalue weighted by Crippen LogP contribution is -1.98. The summed E-state index contributed by atoms with van der Waals surface area (Å²) >= 11 is 0. The fraction of sp³-hybridized carbons (Fsp3) is 0.357. The minimum atomic E-state index is 0.192. The molecule has 0 aliphatic heterocycles. The first-order valence-corrected chi connectivity index (χ1v) is 5.17. The van der Waals surface area contributed by atoms with Crippen molar-refractivity contribution in [2.24, 2.45) is 5.41 Å². The Labute approximate surface area is 91.8 Å². The molecule has 0 atom stereocenters. The average Bonchev–Trinajstić information content (AvgIpc) is 2.14. The lowest BCUT2D eigenvalue weighted by Gasteiger charge is -2.11. The maximum atomic E-state index is 10.6. The second-order valence-corrected chi connectivity index (χ2v) is 4.93. The summed E-state index contributed by atoms with van der Waals surface area (Å²) in [4.78, 5) is 10.6. The van der Waals surface area contributed by atoms with E-state index in [0.717, 1.165) is 23.0 Å². The Kier molecular flexibility index (Phi) is 3.46. The van der Waals surface area contributed by atoms with Crippen LogP contribution in [0.1, 0.15) is 42.3 Å². The third kappa shape index (κ3) is 3.70. The summed E-state index contributed by atoms with van der Waals surface area (Å²) in [5.41, 5.74) is 3.13. The van der Waals surface area contributed by atoms with Crippen molar-refractivity contribution >= 4 is 12.4 Å². The predicted molar refractivity (Wildman–Crippen MR) is 65.1 cm³/mol. The fourth-order valence-electron chi connectivity index (χ4n) is 1.28. The number of rotatable bonds is 2. The molecule has 1 nitrogen and oxygen atoms in total. The average molecular weight is 202 g/mol. The zero-order valence-electron chi connectivity index (χ0n) is 9.87. The minimum Gasteiger partial charge on any atom is -0.298 e. The largest absolute Gasteiger partial charge is 0.298 e. The maximum Gasteiger partial charge on any atom is 0.150 e. The van der Waals surface area contributed by atoms with Gasteiger partial charge < -0.3 is 0 Å². The van der Waals surface area contributed by atoms with Crippen LogP contribution in [0.15, 0.2) is 24.3 Å². The Morgan fingerprint density at radius 3 is 2.33 bits per heavy atom. The third-order valence-electron chi connectivity index (χ3n) is 2.20. The van der Waals surface area contributed by atoms with E-state index in [9.17, 15) is 4.79 Å². The molecular weight excluding hydrogens is 184 g/mol. The van der Waals surface area contributed by atoms with Gasteiger partial charge in [-0.15, -0.1) is 0 Å². The molecule has 0 radical (unpaired) electrons. The van der Waals surface area contributed by atoms with Crippen LogP contribution >= 0.6 is 0 Å². The Morgan fingerprint density at radius 2 is 1.87 bits per heavy atom. The van der Waals surface area contributed by atoms with Crippen LogP contribution in [0.2, 0.25) is 0 Å². The first-order valence-electron chi connectivity index (χ1n) is 5.17. The van der Waals surface area contributed by atoms with E-state index in [1.807, 2.05) is 25.1 Å². The van der Waals surface area contributed by atoms with Gasteiger partial charge in [-0.1, -0.05) is 51.1 Å². The molecule has 0 fully saturated rings. The molecule has 0 aliphatic rings. The van der Waals surface area contributed by atoms with Gasteiger partial charge in [-0.05, 0) is 23.5 Å².